The van der Waals surface area contributed by atoms with Crippen molar-refractivity contribution in [1.82, 2.24) is 5.32 Å². The molecule has 6 nitrogen and oxygen atoms in total. The van der Waals surface area contributed by atoms with E-state index in [1.54, 1.807) is 0 Å². The summed E-state index contributed by atoms with van der Waals surface area (Å²) < 4.78 is 5.48. The van der Waals surface area contributed by atoms with E-state index in [9.17, 15) is 19.8 Å². The summed E-state index contributed by atoms with van der Waals surface area (Å²) >= 11 is 0. The molecule has 0 aromatic carbocycles. The molecule has 3 N–H and O–H groups in total. The van der Waals surface area contributed by atoms with Crippen molar-refractivity contribution in [3.63, 3.8) is 0 Å². The zero-order valence-corrected chi connectivity index (χ0v) is 39.3. The Hall–Kier alpha value is -1.14. The summed E-state index contributed by atoms with van der Waals surface area (Å²) in [5.41, 5.74) is 0. The Morgan fingerprint density at radius 1 is 0.414 bits per heavy atom. The van der Waals surface area contributed by atoms with Crippen LogP contribution in [0.1, 0.15) is 296 Å². The van der Waals surface area contributed by atoms with E-state index in [0.717, 1.165) is 51.4 Å². The lowest BCUT2D eigenvalue weighted by Crippen LogP contribution is -2.45. The second kappa shape index (κ2) is 48.5. The van der Waals surface area contributed by atoms with Crippen LogP contribution in [0.25, 0.3) is 0 Å². The molecule has 0 aliphatic rings. The van der Waals surface area contributed by atoms with Crippen molar-refractivity contribution in [3.05, 3.63) is 0 Å². The number of ether oxygens (including phenoxy) is 1. The minimum atomic E-state index is -0.669. The van der Waals surface area contributed by atoms with Crippen LogP contribution in [0.5, 0.6) is 0 Å². The summed E-state index contributed by atoms with van der Waals surface area (Å²) in [4.78, 5) is 24.4. The van der Waals surface area contributed by atoms with Gasteiger partial charge in [0.05, 0.1) is 25.4 Å². The van der Waals surface area contributed by atoms with E-state index < -0.39 is 12.1 Å². The normalized spacial score (nSPS) is 12.6. The number of carbonyl (C=O) groups is 2. The van der Waals surface area contributed by atoms with Crippen molar-refractivity contribution in [3.8, 4) is 0 Å². The van der Waals surface area contributed by atoms with Gasteiger partial charge in [0.1, 0.15) is 0 Å². The average molecular weight is 822 g/mol. The smallest absolute Gasteiger partial charge is 0.305 e. The van der Waals surface area contributed by atoms with Gasteiger partial charge in [0.2, 0.25) is 5.91 Å². The van der Waals surface area contributed by atoms with Crippen LogP contribution >= 0.6 is 0 Å². The van der Waals surface area contributed by atoms with Crippen LogP contribution in [0.3, 0.4) is 0 Å². The Morgan fingerprint density at radius 3 is 1.05 bits per heavy atom. The standard InChI is InChI=1S/C52H103NO5/c1-3-5-7-9-11-13-14-15-16-17-18-19-20-23-26-30-34-38-42-46-52(57)58-47-43-39-35-31-27-24-21-22-25-29-33-37-41-45-51(56)53-49(48-54)50(55)44-40-36-32-28-12-10-8-6-4-2/h49-50,54-55H,3-48H2,1-2H3,(H,53,56). The van der Waals surface area contributed by atoms with Crippen molar-refractivity contribution >= 4 is 11.9 Å². The molecule has 0 saturated heterocycles. The molecule has 0 fully saturated rings. The highest BCUT2D eigenvalue weighted by Gasteiger charge is 2.20. The van der Waals surface area contributed by atoms with Crippen molar-refractivity contribution < 1.29 is 24.5 Å². The first-order valence-electron chi connectivity index (χ1n) is 26.3. The third kappa shape index (κ3) is 44.4. The van der Waals surface area contributed by atoms with Gasteiger partial charge in [-0.25, -0.2) is 0 Å². The van der Waals surface area contributed by atoms with Crippen LogP contribution < -0.4 is 5.32 Å². The number of aliphatic hydroxyl groups excluding tert-OH is 2. The monoisotopic (exact) mass is 822 g/mol. The molecule has 0 aromatic heterocycles. The minimum absolute atomic E-state index is 0.000536. The Bertz CT molecular complexity index is 822. The fourth-order valence-electron chi connectivity index (χ4n) is 8.35. The van der Waals surface area contributed by atoms with Gasteiger partial charge in [-0.15, -0.1) is 0 Å². The first-order valence-corrected chi connectivity index (χ1v) is 26.3. The Balaban J connectivity index is 3.37. The number of amides is 1. The highest BCUT2D eigenvalue weighted by molar-refractivity contribution is 5.76. The van der Waals surface area contributed by atoms with Gasteiger partial charge in [0.15, 0.2) is 0 Å². The number of nitrogens with one attached hydrogen (secondary N) is 1. The molecule has 0 radical (unpaired) electrons. The number of hydrogen-bond acceptors (Lipinski definition) is 5. The number of esters is 1. The number of rotatable bonds is 49. The quantitative estimate of drug-likeness (QED) is 0.0420. The van der Waals surface area contributed by atoms with E-state index >= 15 is 0 Å². The number of hydrogen-bond donors (Lipinski definition) is 3. The molecular weight excluding hydrogens is 719 g/mol. The zero-order valence-electron chi connectivity index (χ0n) is 39.3. The summed E-state index contributed by atoms with van der Waals surface area (Å²) in [5, 5.41) is 23.1. The molecule has 6 heteroatoms. The SMILES string of the molecule is CCCCCCCCCCCCCCCCCCCCCC(=O)OCCCCCCCCCCCCCCCC(=O)NC(CO)C(O)CCCCCCCCCCC. The predicted octanol–water partition coefficient (Wildman–Crippen LogP) is 15.6. The molecule has 0 aliphatic carbocycles. The first kappa shape index (κ1) is 56.9. The van der Waals surface area contributed by atoms with Gasteiger partial charge >= 0.3 is 5.97 Å². The van der Waals surface area contributed by atoms with Crippen LogP contribution in [0.2, 0.25) is 0 Å². The number of aliphatic hydroxyl groups is 2. The maximum atomic E-state index is 12.4. The van der Waals surface area contributed by atoms with E-state index in [-0.39, 0.29) is 18.5 Å². The average Bonchev–Trinajstić information content (AvgIpc) is 3.22. The van der Waals surface area contributed by atoms with Crippen molar-refractivity contribution in [2.45, 2.75) is 309 Å². The Kier molecular flexibility index (Phi) is 47.6. The fraction of sp³-hybridized carbons (Fsp3) is 0.962. The van der Waals surface area contributed by atoms with Crippen molar-refractivity contribution in [1.29, 1.82) is 0 Å². The minimum Gasteiger partial charge on any atom is -0.466 e. The van der Waals surface area contributed by atoms with Crippen molar-refractivity contribution in [2.24, 2.45) is 0 Å². The van der Waals surface area contributed by atoms with E-state index in [1.165, 1.54) is 212 Å². The summed E-state index contributed by atoms with van der Waals surface area (Å²) in [6.07, 6.45) is 53.7. The molecule has 0 rings (SSSR count). The lowest BCUT2D eigenvalue weighted by Gasteiger charge is -2.22. The Labute approximate surface area is 362 Å². The second-order valence-electron chi connectivity index (χ2n) is 18.2. The summed E-state index contributed by atoms with van der Waals surface area (Å²) in [6, 6.07) is -0.547. The maximum absolute atomic E-state index is 12.4. The summed E-state index contributed by atoms with van der Waals surface area (Å²) in [7, 11) is 0. The molecule has 58 heavy (non-hydrogen) atoms. The third-order valence-corrected chi connectivity index (χ3v) is 12.4. The van der Waals surface area contributed by atoms with E-state index in [2.05, 4.69) is 19.2 Å². The highest BCUT2D eigenvalue weighted by Crippen LogP contribution is 2.17. The van der Waals surface area contributed by atoms with Gasteiger partial charge in [0.25, 0.3) is 0 Å². The zero-order chi connectivity index (χ0) is 42.3. The predicted molar refractivity (Wildman–Crippen MR) is 250 cm³/mol. The topological polar surface area (TPSA) is 95.9 Å². The maximum Gasteiger partial charge on any atom is 0.305 e. The molecule has 0 aliphatic heterocycles. The summed E-state index contributed by atoms with van der Waals surface area (Å²) in [6.45, 7) is 4.92. The van der Waals surface area contributed by atoms with Gasteiger partial charge in [-0.2, -0.15) is 0 Å². The van der Waals surface area contributed by atoms with Crippen LogP contribution in [-0.4, -0.2) is 47.4 Å². The van der Waals surface area contributed by atoms with Gasteiger partial charge in [-0.3, -0.25) is 9.59 Å². The van der Waals surface area contributed by atoms with E-state index in [4.69, 9.17) is 4.74 Å². The number of carbonyl (C=O) groups excluding carboxylic acids is 2. The van der Waals surface area contributed by atoms with Crippen LogP contribution in [0.15, 0.2) is 0 Å². The van der Waals surface area contributed by atoms with Gasteiger partial charge in [-0.05, 0) is 25.7 Å². The van der Waals surface area contributed by atoms with E-state index in [1.807, 2.05) is 0 Å². The largest absolute Gasteiger partial charge is 0.466 e. The third-order valence-electron chi connectivity index (χ3n) is 12.4. The molecule has 0 bridgehead atoms. The van der Waals surface area contributed by atoms with Crippen LogP contribution in [0, 0.1) is 0 Å². The molecule has 2 atom stereocenters. The van der Waals surface area contributed by atoms with Gasteiger partial charge in [0, 0.05) is 12.8 Å². The first-order chi connectivity index (χ1) is 28.5. The molecule has 0 aromatic rings. The lowest BCUT2D eigenvalue weighted by molar-refractivity contribution is -0.143. The molecule has 1 amide bonds. The van der Waals surface area contributed by atoms with Crippen LogP contribution in [-0.2, 0) is 14.3 Å². The molecule has 2 unspecified atom stereocenters. The molecule has 0 heterocycles. The number of unbranched alkanes of at least 4 members (excludes halogenated alkanes) is 38. The van der Waals surface area contributed by atoms with Crippen LogP contribution in [0.4, 0.5) is 0 Å². The van der Waals surface area contributed by atoms with E-state index in [0.29, 0.717) is 25.9 Å². The van der Waals surface area contributed by atoms with Crippen molar-refractivity contribution in [2.75, 3.05) is 13.2 Å². The highest BCUT2D eigenvalue weighted by atomic mass is 16.5. The molecule has 0 spiro atoms. The molecular formula is C52H103NO5. The molecule has 0 saturated carbocycles. The van der Waals surface area contributed by atoms with Gasteiger partial charge in [-0.1, -0.05) is 258 Å². The second-order valence-corrected chi connectivity index (χ2v) is 18.2. The Morgan fingerprint density at radius 2 is 0.707 bits per heavy atom. The van der Waals surface area contributed by atoms with Gasteiger partial charge < -0.3 is 20.3 Å². The lowest BCUT2D eigenvalue weighted by atomic mass is 10.0. The summed E-state index contributed by atoms with van der Waals surface area (Å²) in [5.74, 6) is -0.0493. The fourth-order valence-corrected chi connectivity index (χ4v) is 8.35. The molecule has 346 valence electrons.